The van der Waals surface area contributed by atoms with Crippen LogP contribution in [0.2, 0.25) is 0 Å². The standard InChI is InChI=1S/C15H9F5N2O3/c1-6-2-3-7(4-9(6)22(24)25)21-10(23)5-8-11(16)13(18)15(20)14(19)12(8)17/h2-4H,5H2,1H3,(H,21,23). The minimum atomic E-state index is -2.33. The van der Waals surface area contributed by atoms with Crippen LogP contribution in [0.15, 0.2) is 18.2 Å². The molecule has 25 heavy (non-hydrogen) atoms. The molecule has 0 aromatic heterocycles. The van der Waals surface area contributed by atoms with Crippen molar-refractivity contribution in [3.8, 4) is 0 Å². The Morgan fingerprint density at radius 3 is 2.08 bits per heavy atom. The number of rotatable bonds is 4. The van der Waals surface area contributed by atoms with Gasteiger partial charge in [-0.05, 0) is 13.0 Å². The molecule has 5 nitrogen and oxygen atoms in total. The topological polar surface area (TPSA) is 72.2 Å². The number of halogens is 5. The number of nitrogens with one attached hydrogen (secondary N) is 1. The van der Waals surface area contributed by atoms with Crippen molar-refractivity contribution in [1.82, 2.24) is 0 Å². The highest BCUT2D eigenvalue weighted by molar-refractivity contribution is 5.92. The van der Waals surface area contributed by atoms with Crippen molar-refractivity contribution in [2.75, 3.05) is 5.32 Å². The third-order valence-electron chi connectivity index (χ3n) is 3.33. The van der Waals surface area contributed by atoms with Crippen LogP contribution in [-0.4, -0.2) is 10.8 Å². The van der Waals surface area contributed by atoms with Crippen LogP contribution in [0.1, 0.15) is 11.1 Å². The molecule has 2 rings (SSSR count). The van der Waals surface area contributed by atoms with Gasteiger partial charge in [0.2, 0.25) is 11.7 Å². The number of nitro benzene ring substituents is 1. The molecule has 0 saturated heterocycles. The van der Waals surface area contributed by atoms with Crippen LogP contribution in [0.4, 0.5) is 33.3 Å². The average Bonchev–Trinajstić information content (AvgIpc) is 2.56. The molecule has 0 saturated carbocycles. The summed E-state index contributed by atoms with van der Waals surface area (Å²) < 4.78 is 66.2. The van der Waals surface area contributed by atoms with Crippen molar-refractivity contribution in [3.05, 3.63) is 68.5 Å². The lowest BCUT2D eigenvalue weighted by Crippen LogP contribution is -2.18. The Balaban J connectivity index is 2.28. The Labute approximate surface area is 137 Å². The molecule has 0 aliphatic carbocycles. The number of anilines is 1. The molecular formula is C15H9F5N2O3. The highest BCUT2D eigenvalue weighted by Crippen LogP contribution is 2.25. The van der Waals surface area contributed by atoms with Gasteiger partial charge in [0, 0.05) is 22.9 Å². The van der Waals surface area contributed by atoms with E-state index in [4.69, 9.17) is 0 Å². The Hall–Kier alpha value is -3.04. The van der Waals surface area contributed by atoms with E-state index in [0.717, 1.165) is 6.07 Å². The summed E-state index contributed by atoms with van der Waals surface area (Å²) in [5.41, 5.74) is -1.36. The molecule has 0 aliphatic heterocycles. The molecule has 1 amide bonds. The van der Waals surface area contributed by atoms with Gasteiger partial charge in [-0.1, -0.05) is 6.07 Å². The second-order valence-electron chi connectivity index (χ2n) is 5.03. The SMILES string of the molecule is Cc1ccc(NC(=O)Cc2c(F)c(F)c(F)c(F)c2F)cc1[N+](=O)[O-]. The van der Waals surface area contributed by atoms with Gasteiger partial charge in [-0.15, -0.1) is 0 Å². The third-order valence-corrected chi connectivity index (χ3v) is 3.33. The Bertz CT molecular complexity index is 857. The lowest BCUT2D eigenvalue weighted by Gasteiger charge is -2.09. The third kappa shape index (κ3) is 3.57. The molecule has 132 valence electrons. The lowest BCUT2D eigenvalue weighted by atomic mass is 10.1. The molecular weight excluding hydrogens is 351 g/mol. The van der Waals surface area contributed by atoms with E-state index in [1.165, 1.54) is 19.1 Å². The van der Waals surface area contributed by atoms with Crippen molar-refractivity contribution in [3.63, 3.8) is 0 Å². The van der Waals surface area contributed by atoms with E-state index in [1.54, 1.807) is 0 Å². The number of nitro groups is 1. The molecule has 0 spiro atoms. The first-order valence-electron chi connectivity index (χ1n) is 6.68. The Kier molecular flexibility index (Phi) is 5.00. The molecule has 0 atom stereocenters. The monoisotopic (exact) mass is 360 g/mol. The van der Waals surface area contributed by atoms with Crippen LogP contribution in [0, 0.1) is 46.1 Å². The van der Waals surface area contributed by atoms with Gasteiger partial charge in [0.15, 0.2) is 23.3 Å². The smallest absolute Gasteiger partial charge is 0.274 e. The van der Waals surface area contributed by atoms with Gasteiger partial charge in [0.25, 0.3) is 5.69 Å². The summed E-state index contributed by atoms with van der Waals surface area (Å²) in [6.07, 6.45) is -1.15. The zero-order valence-corrected chi connectivity index (χ0v) is 12.5. The van der Waals surface area contributed by atoms with Crippen molar-refractivity contribution in [1.29, 1.82) is 0 Å². The molecule has 2 aromatic carbocycles. The largest absolute Gasteiger partial charge is 0.326 e. The summed E-state index contributed by atoms with van der Waals surface area (Å²) in [6, 6.07) is 3.62. The summed E-state index contributed by atoms with van der Waals surface area (Å²) in [6.45, 7) is 1.46. The molecule has 0 radical (unpaired) electrons. The lowest BCUT2D eigenvalue weighted by molar-refractivity contribution is -0.385. The Morgan fingerprint density at radius 1 is 1.04 bits per heavy atom. The quantitative estimate of drug-likeness (QED) is 0.297. The number of aryl methyl sites for hydroxylation is 1. The first kappa shape index (κ1) is 18.3. The zero-order valence-electron chi connectivity index (χ0n) is 12.5. The maximum atomic E-state index is 13.5. The van der Waals surface area contributed by atoms with Crippen LogP contribution in [-0.2, 0) is 11.2 Å². The first-order chi connectivity index (χ1) is 11.6. The summed E-state index contributed by atoms with van der Waals surface area (Å²) >= 11 is 0. The summed E-state index contributed by atoms with van der Waals surface area (Å²) in [5, 5.41) is 12.9. The van der Waals surface area contributed by atoms with Crippen molar-refractivity contribution in [2.24, 2.45) is 0 Å². The van der Waals surface area contributed by atoms with Gasteiger partial charge in [-0.2, -0.15) is 0 Å². The Morgan fingerprint density at radius 2 is 1.56 bits per heavy atom. The second kappa shape index (κ2) is 6.83. The van der Waals surface area contributed by atoms with E-state index >= 15 is 0 Å². The number of nitrogens with zero attached hydrogens (tertiary/aromatic N) is 1. The number of carbonyl (C=O) groups excluding carboxylic acids is 1. The molecule has 0 unspecified atom stereocenters. The molecule has 0 heterocycles. The maximum absolute atomic E-state index is 13.5. The molecule has 0 aliphatic rings. The van der Waals surface area contributed by atoms with Crippen LogP contribution in [0.5, 0.6) is 0 Å². The van der Waals surface area contributed by atoms with E-state index in [2.05, 4.69) is 5.32 Å². The predicted octanol–water partition coefficient (Wildman–Crippen LogP) is 3.78. The van der Waals surface area contributed by atoms with E-state index in [-0.39, 0.29) is 11.4 Å². The molecule has 1 N–H and O–H groups in total. The second-order valence-corrected chi connectivity index (χ2v) is 5.03. The highest BCUT2D eigenvalue weighted by Gasteiger charge is 2.27. The van der Waals surface area contributed by atoms with Crippen molar-refractivity contribution in [2.45, 2.75) is 13.3 Å². The summed E-state index contributed by atoms with van der Waals surface area (Å²) in [4.78, 5) is 21.9. The van der Waals surface area contributed by atoms with Gasteiger partial charge in [-0.25, -0.2) is 22.0 Å². The van der Waals surface area contributed by atoms with Crippen LogP contribution in [0.25, 0.3) is 0 Å². The molecule has 0 fully saturated rings. The minimum absolute atomic E-state index is 0.0637. The number of benzene rings is 2. The minimum Gasteiger partial charge on any atom is -0.326 e. The van der Waals surface area contributed by atoms with Crippen LogP contribution >= 0.6 is 0 Å². The number of amides is 1. The maximum Gasteiger partial charge on any atom is 0.274 e. The van der Waals surface area contributed by atoms with Gasteiger partial charge >= 0.3 is 0 Å². The van der Waals surface area contributed by atoms with E-state index in [9.17, 15) is 36.9 Å². The van der Waals surface area contributed by atoms with Crippen molar-refractivity contribution >= 4 is 17.3 Å². The normalized spacial score (nSPS) is 10.6. The van der Waals surface area contributed by atoms with E-state index < -0.39 is 51.9 Å². The first-order valence-corrected chi connectivity index (χ1v) is 6.68. The number of hydrogen-bond donors (Lipinski definition) is 1. The van der Waals surface area contributed by atoms with Gasteiger partial charge < -0.3 is 5.32 Å². The highest BCUT2D eigenvalue weighted by atomic mass is 19.2. The van der Waals surface area contributed by atoms with E-state index in [0.29, 0.717) is 5.56 Å². The van der Waals surface area contributed by atoms with Gasteiger partial charge in [-0.3, -0.25) is 14.9 Å². The number of hydrogen-bond acceptors (Lipinski definition) is 3. The average molecular weight is 360 g/mol. The fourth-order valence-electron chi connectivity index (χ4n) is 2.06. The van der Waals surface area contributed by atoms with Crippen LogP contribution < -0.4 is 5.32 Å². The van der Waals surface area contributed by atoms with Gasteiger partial charge in [0.05, 0.1) is 11.3 Å². The fourth-order valence-corrected chi connectivity index (χ4v) is 2.06. The van der Waals surface area contributed by atoms with Crippen molar-refractivity contribution < 1.29 is 31.7 Å². The molecule has 0 bridgehead atoms. The van der Waals surface area contributed by atoms with Gasteiger partial charge in [0.1, 0.15) is 0 Å². The zero-order chi connectivity index (χ0) is 18.9. The molecule has 10 heteroatoms. The fraction of sp³-hybridized carbons (Fsp3) is 0.133. The number of carbonyl (C=O) groups is 1. The summed E-state index contributed by atoms with van der Waals surface area (Å²) in [7, 11) is 0. The molecule has 2 aromatic rings. The summed E-state index contributed by atoms with van der Waals surface area (Å²) in [5.74, 6) is -12.0. The predicted molar refractivity (Wildman–Crippen MR) is 76.4 cm³/mol. The van der Waals surface area contributed by atoms with Crippen LogP contribution in [0.3, 0.4) is 0 Å². The van der Waals surface area contributed by atoms with E-state index in [1.807, 2.05) is 0 Å².